The number of hydrogen-bond acceptors (Lipinski definition) is 2. The van der Waals surface area contributed by atoms with Crippen LogP contribution in [0.3, 0.4) is 0 Å². The van der Waals surface area contributed by atoms with Gasteiger partial charge in [0.2, 0.25) is 0 Å². The molecular formula is C21H37NO. The molecule has 23 heavy (non-hydrogen) atoms. The van der Waals surface area contributed by atoms with Crippen molar-refractivity contribution < 1.29 is 4.79 Å². The van der Waals surface area contributed by atoms with Crippen molar-refractivity contribution in [1.29, 1.82) is 0 Å². The van der Waals surface area contributed by atoms with Crippen LogP contribution < -0.4 is 5.32 Å². The number of rotatable bonds is 8. The maximum absolute atomic E-state index is 9.97. The third-order valence-corrected chi connectivity index (χ3v) is 3.96. The Morgan fingerprint density at radius 3 is 2.22 bits per heavy atom. The molecule has 2 heteroatoms. The number of carbonyl (C=O) groups excluding carboxylic acids is 1. The van der Waals surface area contributed by atoms with E-state index in [-0.39, 0.29) is 0 Å². The minimum atomic E-state index is 0.529. The van der Waals surface area contributed by atoms with Gasteiger partial charge < -0.3 is 10.1 Å². The Balaban J connectivity index is 0. The van der Waals surface area contributed by atoms with E-state index in [2.05, 4.69) is 32.7 Å². The highest BCUT2D eigenvalue weighted by Gasteiger charge is 2.12. The van der Waals surface area contributed by atoms with Crippen LogP contribution in [-0.4, -0.2) is 19.9 Å². The van der Waals surface area contributed by atoms with E-state index in [1.807, 2.05) is 51.2 Å². The minimum Gasteiger partial charge on any atom is -0.320 e. The fourth-order valence-corrected chi connectivity index (χ4v) is 2.06. The van der Waals surface area contributed by atoms with Crippen LogP contribution in [-0.2, 0) is 11.2 Å². The summed E-state index contributed by atoms with van der Waals surface area (Å²) in [6.45, 7) is 16.0. The molecule has 0 aromatic heterocycles. The van der Waals surface area contributed by atoms with Crippen LogP contribution in [0.15, 0.2) is 42.5 Å². The molecule has 132 valence electrons. The molecule has 2 unspecified atom stereocenters. The molecular weight excluding hydrogens is 282 g/mol. The van der Waals surface area contributed by atoms with Crippen LogP contribution in [0.25, 0.3) is 0 Å². The van der Waals surface area contributed by atoms with Gasteiger partial charge in [0.25, 0.3) is 0 Å². The molecule has 0 spiro atoms. The first-order valence-electron chi connectivity index (χ1n) is 8.86. The number of allylic oxidation sites excluding steroid dienone is 1. The Morgan fingerprint density at radius 2 is 1.78 bits per heavy atom. The SMILES string of the molecule is C=C(CC)C(C)C(C)CCNC.CC.O=CCc1ccccc1. The van der Waals surface area contributed by atoms with Crippen molar-refractivity contribution in [2.75, 3.05) is 13.6 Å². The quantitative estimate of drug-likeness (QED) is 0.521. The van der Waals surface area contributed by atoms with Gasteiger partial charge in [0.15, 0.2) is 0 Å². The molecule has 1 rings (SSSR count). The third kappa shape index (κ3) is 12.8. The molecule has 0 aliphatic carbocycles. The predicted octanol–water partition coefficient (Wildman–Crippen LogP) is 5.29. The number of benzene rings is 1. The van der Waals surface area contributed by atoms with Gasteiger partial charge in [-0.15, -0.1) is 0 Å². The fourth-order valence-electron chi connectivity index (χ4n) is 2.06. The summed E-state index contributed by atoms with van der Waals surface area (Å²) in [4.78, 5) is 9.97. The van der Waals surface area contributed by atoms with Gasteiger partial charge in [0.1, 0.15) is 6.29 Å². The zero-order valence-corrected chi connectivity index (χ0v) is 16.1. The highest BCUT2D eigenvalue weighted by atomic mass is 16.1. The molecule has 0 aliphatic heterocycles. The molecule has 1 aromatic carbocycles. The van der Waals surface area contributed by atoms with E-state index >= 15 is 0 Å². The zero-order valence-electron chi connectivity index (χ0n) is 16.1. The molecule has 0 radical (unpaired) electrons. The Morgan fingerprint density at radius 1 is 1.22 bits per heavy atom. The second-order valence-corrected chi connectivity index (χ2v) is 5.53. The van der Waals surface area contributed by atoms with E-state index < -0.39 is 0 Å². The summed E-state index contributed by atoms with van der Waals surface area (Å²) in [5.41, 5.74) is 2.46. The second-order valence-electron chi connectivity index (χ2n) is 5.53. The van der Waals surface area contributed by atoms with Crippen LogP contribution in [0.4, 0.5) is 0 Å². The summed E-state index contributed by atoms with van der Waals surface area (Å²) >= 11 is 0. The standard InChI is InChI=1S/C11H23N.C8H8O.C2H6/c1-6-9(2)11(4)10(3)7-8-12-5;9-7-6-8-4-2-1-3-5-8;1-2/h10-12H,2,6-8H2,1,3-5H3;1-5,7H,6H2;1-2H3. The van der Waals surface area contributed by atoms with E-state index in [1.165, 1.54) is 12.0 Å². The van der Waals surface area contributed by atoms with Gasteiger partial charge in [-0.1, -0.05) is 77.1 Å². The highest BCUT2D eigenvalue weighted by molar-refractivity contribution is 5.54. The number of aldehydes is 1. The summed E-state index contributed by atoms with van der Waals surface area (Å²) in [7, 11) is 2.01. The number of carbonyl (C=O) groups is 1. The maximum Gasteiger partial charge on any atom is 0.124 e. The van der Waals surface area contributed by atoms with Crippen molar-refractivity contribution in [2.24, 2.45) is 11.8 Å². The topological polar surface area (TPSA) is 29.1 Å². The van der Waals surface area contributed by atoms with Gasteiger partial charge in [-0.25, -0.2) is 0 Å². The van der Waals surface area contributed by atoms with Crippen LogP contribution in [0, 0.1) is 11.8 Å². The van der Waals surface area contributed by atoms with Gasteiger partial charge in [0, 0.05) is 6.42 Å². The highest BCUT2D eigenvalue weighted by Crippen LogP contribution is 2.23. The normalized spacial score (nSPS) is 11.9. The van der Waals surface area contributed by atoms with Gasteiger partial charge in [-0.2, -0.15) is 0 Å². The molecule has 0 fully saturated rings. The van der Waals surface area contributed by atoms with E-state index in [0.717, 1.165) is 30.7 Å². The first-order chi connectivity index (χ1) is 11.1. The van der Waals surface area contributed by atoms with E-state index in [9.17, 15) is 4.79 Å². The molecule has 1 N–H and O–H groups in total. The largest absolute Gasteiger partial charge is 0.320 e. The summed E-state index contributed by atoms with van der Waals surface area (Å²) in [6, 6.07) is 9.68. The van der Waals surface area contributed by atoms with Crippen molar-refractivity contribution in [3.05, 3.63) is 48.0 Å². The molecule has 0 bridgehead atoms. The lowest BCUT2D eigenvalue weighted by atomic mass is 9.86. The summed E-state index contributed by atoms with van der Waals surface area (Å²) in [6.07, 6.45) is 3.80. The lowest BCUT2D eigenvalue weighted by molar-refractivity contribution is -0.107. The van der Waals surface area contributed by atoms with Crippen LogP contribution >= 0.6 is 0 Å². The van der Waals surface area contributed by atoms with Crippen molar-refractivity contribution in [1.82, 2.24) is 5.32 Å². The second kappa shape index (κ2) is 17.0. The van der Waals surface area contributed by atoms with Gasteiger partial charge in [-0.05, 0) is 43.8 Å². The van der Waals surface area contributed by atoms with E-state index in [1.54, 1.807) is 0 Å². The van der Waals surface area contributed by atoms with Gasteiger partial charge in [-0.3, -0.25) is 0 Å². The molecule has 0 aliphatic rings. The molecule has 0 heterocycles. The molecule has 0 saturated heterocycles. The Kier molecular flexibility index (Phi) is 17.6. The average Bonchev–Trinajstić information content (AvgIpc) is 2.61. The summed E-state index contributed by atoms with van der Waals surface area (Å²) in [5, 5.41) is 3.18. The first-order valence-corrected chi connectivity index (χ1v) is 8.86. The molecule has 2 atom stereocenters. The van der Waals surface area contributed by atoms with Crippen molar-refractivity contribution in [2.45, 2.75) is 53.9 Å². The van der Waals surface area contributed by atoms with Crippen molar-refractivity contribution in [3.8, 4) is 0 Å². The maximum atomic E-state index is 9.97. The van der Waals surface area contributed by atoms with Crippen LogP contribution in [0.1, 0.15) is 53.0 Å². The number of nitrogens with one attached hydrogen (secondary N) is 1. The molecule has 0 amide bonds. The Labute approximate surface area is 144 Å². The van der Waals surface area contributed by atoms with E-state index in [4.69, 9.17) is 0 Å². The monoisotopic (exact) mass is 319 g/mol. The van der Waals surface area contributed by atoms with Crippen LogP contribution in [0.2, 0.25) is 0 Å². The van der Waals surface area contributed by atoms with Gasteiger partial charge in [0.05, 0.1) is 0 Å². The zero-order chi connectivity index (χ0) is 18.1. The van der Waals surface area contributed by atoms with Crippen molar-refractivity contribution in [3.63, 3.8) is 0 Å². The lowest BCUT2D eigenvalue weighted by Gasteiger charge is -2.21. The number of hydrogen-bond donors (Lipinski definition) is 1. The third-order valence-electron chi connectivity index (χ3n) is 3.96. The average molecular weight is 320 g/mol. The van der Waals surface area contributed by atoms with Crippen molar-refractivity contribution >= 4 is 6.29 Å². The molecule has 2 nitrogen and oxygen atoms in total. The first kappa shape index (κ1) is 23.9. The smallest absolute Gasteiger partial charge is 0.124 e. The minimum absolute atomic E-state index is 0.529. The summed E-state index contributed by atoms with van der Waals surface area (Å²) in [5.74, 6) is 1.42. The van der Waals surface area contributed by atoms with E-state index in [0.29, 0.717) is 12.3 Å². The predicted molar refractivity (Wildman–Crippen MR) is 104 cm³/mol. The summed E-state index contributed by atoms with van der Waals surface area (Å²) < 4.78 is 0. The van der Waals surface area contributed by atoms with Crippen LogP contribution in [0.5, 0.6) is 0 Å². The molecule has 1 aromatic rings. The lowest BCUT2D eigenvalue weighted by Crippen LogP contribution is -2.17. The fraction of sp³-hybridized carbons (Fsp3) is 0.571. The van der Waals surface area contributed by atoms with Gasteiger partial charge >= 0.3 is 0 Å². The molecule has 0 saturated carbocycles. The Hall–Kier alpha value is -1.41. The Bertz CT molecular complexity index is 386.